The zero-order valence-corrected chi connectivity index (χ0v) is 15.3. The van der Waals surface area contributed by atoms with Crippen molar-refractivity contribution in [1.29, 1.82) is 0 Å². The van der Waals surface area contributed by atoms with E-state index in [2.05, 4.69) is 5.32 Å². The van der Waals surface area contributed by atoms with Crippen LogP contribution in [0, 0.1) is 6.92 Å². The van der Waals surface area contributed by atoms with Crippen LogP contribution in [0.5, 0.6) is 5.75 Å². The lowest BCUT2D eigenvalue weighted by Gasteiger charge is -2.21. The number of carbonyl (C=O) groups is 2. The van der Waals surface area contributed by atoms with Crippen molar-refractivity contribution in [2.75, 3.05) is 19.0 Å². The number of aryl methyl sites for hydroxylation is 1. The Balaban J connectivity index is 2.08. The molecule has 0 spiro atoms. The quantitative estimate of drug-likeness (QED) is 0.855. The molecule has 0 aromatic heterocycles. The molecule has 2 aromatic rings. The average molecular weight is 361 g/mol. The fourth-order valence-electron chi connectivity index (χ4n) is 2.45. The molecule has 6 heteroatoms. The van der Waals surface area contributed by atoms with Crippen LogP contribution in [0.3, 0.4) is 0 Å². The Morgan fingerprint density at radius 3 is 2.60 bits per heavy atom. The minimum atomic E-state index is -0.316. The Kier molecular flexibility index (Phi) is 6.42. The molecule has 0 radical (unpaired) electrons. The van der Waals surface area contributed by atoms with Crippen LogP contribution in [0.1, 0.15) is 18.1 Å². The van der Waals surface area contributed by atoms with E-state index in [-0.39, 0.29) is 18.4 Å². The molecule has 2 rings (SSSR count). The van der Waals surface area contributed by atoms with Gasteiger partial charge in [-0.2, -0.15) is 0 Å². The van der Waals surface area contributed by atoms with Crippen molar-refractivity contribution in [3.8, 4) is 5.75 Å². The first-order valence-electron chi connectivity index (χ1n) is 7.83. The van der Waals surface area contributed by atoms with Gasteiger partial charge < -0.3 is 15.0 Å². The van der Waals surface area contributed by atoms with E-state index in [9.17, 15) is 9.59 Å². The first-order valence-corrected chi connectivity index (χ1v) is 8.21. The number of ether oxygens (including phenoxy) is 1. The van der Waals surface area contributed by atoms with E-state index in [1.165, 1.54) is 18.9 Å². The number of benzene rings is 2. The number of carbonyl (C=O) groups excluding carboxylic acids is 2. The summed E-state index contributed by atoms with van der Waals surface area (Å²) < 4.78 is 5.21. The van der Waals surface area contributed by atoms with E-state index >= 15 is 0 Å². The van der Waals surface area contributed by atoms with Crippen LogP contribution in [-0.2, 0) is 16.1 Å². The van der Waals surface area contributed by atoms with Gasteiger partial charge in [0.15, 0.2) is 0 Å². The van der Waals surface area contributed by atoms with Gasteiger partial charge in [0.05, 0.1) is 12.8 Å². The molecule has 0 unspecified atom stereocenters. The van der Waals surface area contributed by atoms with E-state index in [0.29, 0.717) is 23.0 Å². The highest BCUT2D eigenvalue weighted by Gasteiger charge is 2.16. The Morgan fingerprint density at radius 1 is 1.20 bits per heavy atom. The molecule has 25 heavy (non-hydrogen) atoms. The van der Waals surface area contributed by atoms with Gasteiger partial charge in [-0.25, -0.2) is 0 Å². The monoisotopic (exact) mass is 360 g/mol. The number of amides is 2. The third-order valence-electron chi connectivity index (χ3n) is 3.67. The normalized spacial score (nSPS) is 10.2. The zero-order chi connectivity index (χ0) is 18.4. The fraction of sp³-hybridized carbons (Fsp3) is 0.263. The summed E-state index contributed by atoms with van der Waals surface area (Å²) in [7, 11) is 1.51. The van der Waals surface area contributed by atoms with Gasteiger partial charge in [0, 0.05) is 18.5 Å². The summed E-state index contributed by atoms with van der Waals surface area (Å²) in [5, 5.41) is 3.23. The third kappa shape index (κ3) is 5.50. The van der Waals surface area contributed by atoms with E-state index < -0.39 is 0 Å². The molecule has 0 aliphatic rings. The van der Waals surface area contributed by atoms with Crippen molar-refractivity contribution in [2.45, 2.75) is 20.4 Å². The smallest absolute Gasteiger partial charge is 0.244 e. The maximum Gasteiger partial charge on any atom is 0.244 e. The van der Waals surface area contributed by atoms with Crippen molar-refractivity contribution in [2.24, 2.45) is 0 Å². The molecule has 0 atom stereocenters. The molecule has 1 N–H and O–H groups in total. The Bertz CT molecular complexity index is 777. The van der Waals surface area contributed by atoms with Crippen molar-refractivity contribution in [1.82, 2.24) is 4.90 Å². The lowest BCUT2D eigenvalue weighted by atomic mass is 10.1. The highest BCUT2D eigenvalue weighted by atomic mass is 35.5. The minimum Gasteiger partial charge on any atom is -0.495 e. The number of rotatable bonds is 6. The van der Waals surface area contributed by atoms with Gasteiger partial charge in [0.1, 0.15) is 12.3 Å². The van der Waals surface area contributed by atoms with Crippen molar-refractivity contribution in [3.05, 3.63) is 58.6 Å². The minimum absolute atomic E-state index is 0.0566. The molecule has 132 valence electrons. The molecule has 5 nitrogen and oxygen atoms in total. The molecule has 0 bridgehead atoms. The van der Waals surface area contributed by atoms with Crippen LogP contribution < -0.4 is 10.1 Å². The molecule has 0 fully saturated rings. The predicted octanol–water partition coefficient (Wildman–Crippen LogP) is 3.64. The molecular weight excluding hydrogens is 340 g/mol. The average Bonchev–Trinajstić information content (AvgIpc) is 2.54. The molecule has 0 heterocycles. The van der Waals surface area contributed by atoms with E-state index in [0.717, 1.165) is 11.1 Å². The highest BCUT2D eigenvalue weighted by Crippen LogP contribution is 2.27. The van der Waals surface area contributed by atoms with Crippen LogP contribution in [0.15, 0.2) is 42.5 Å². The highest BCUT2D eigenvalue weighted by molar-refractivity contribution is 6.31. The summed E-state index contributed by atoms with van der Waals surface area (Å²) in [5.41, 5.74) is 2.55. The summed E-state index contributed by atoms with van der Waals surface area (Å²) in [6.45, 7) is 3.75. The first kappa shape index (κ1) is 18.8. The molecule has 0 saturated carbocycles. The van der Waals surface area contributed by atoms with Gasteiger partial charge in [-0.15, -0.1) is 0 Å². The van der Waals surface area contributed by atoms with Gasteiger partial charge in [-0.05, 0) is 30.7 Å². The summed E-state index contributed by atoms with van der Waals surface area (Å²) >= 11 is 5.96. The second kappa shape index (κ2) is 8.53. The van der Waals surface area contributed by atoms with Gasteiger partial charge in [0.25, 0.3) is 0 Å². The molecule has 0 aliphatic carbocycles. The van der Waals surface area contributed by atoms with Crippen molar-refractivity contribution < 1.29 is 14.3 Å². The van der Waals surface area contributed by atoms with Gasteiger partial charge in [0.2, 0.25) is 11.8 Å². The Labute approximate surface area is 152 Å². The lowest BCUT2D eigenvalue weighted by molar-refractivity contribution is -0.133. The summed E-state index contributed by atoms with van der Waals surface area (Å²) in [6, 6.07) is 12.8. The number of nitrogens with one attached hydrogen (secondary N) is 1. The number of halogens is 1. The molecule has 0 saturated heterocycles. The van der Waals surface area contributed by atoms with E-state index in [1.54, 1.807) is 18.2 Å². The van der Waals surface area contributed by atoms with Gasteiger partial charge >= 0.3 is 0 Å². The van der Waals surface area contributed by atoms with Crippen LogP contribution in [0.2, 0.25) is 5.02 Å². The first-order chi connectivity index (χ1) is 11.9. The van der Waals surface area contributed by atoms with Crippen LogP contribution in [0.4, 0.5) is 5.69 Å². The zero-order valence-electron chi connectivity index (χ0n) is 14.5. The topological polar surface area (TPSA) is 58.6 Å². The maximum atomic E-state index is 12.4. The number of anilines is 1. The Morgan fingerprint density at radius 2 is 1.96 bits per heavy atom. The second-order valence-electron chi connectivity index (χ2n) is 5.76. The van der Waals surface area contributed by atoms with Crippen molar-refractivity contribution >= 4 is 29.1 Å². The summed E-state index contributed by atoms with van der Waals surface area (Å²) in [6.07, 6.45) is 0. The second-order valence-corrected chi connectivity index (χ2v) is 6.19. The lowest BCUT2D eigenvalue weighted by Crippen LogP contribution is -2.36. The summed E-state index contributed by atoms with van der Waals surface area (Å²) in [4.78, 5) is 25.7. The molecular formula is C19H21ClN2O3. The van der Waals surface area contributed by atoms with Crippen LogP contribution >= 0.6 is 11.6 Å². The van der Waals surface area contributed by atoms with Crippen molar-refractivity contribution in [3.63, 3.8) is 0 Å². The van der Waals surface area contributed by atoms with Gasteiger partial charge in [-0.3, -0.25) is 9.59 Å². The summed E-state index contributed by atoms with van der Waals surface area (Å²) in [5.74, 6) is 0.0175. The SMILES string of the molecule is COc1ccc(Cl)cc1NC(=O)CN(Cc1cccc(C)c1)C(C)=O. The molecule has 2 aromatic carbocycles. The number of methoxy groups -OCH3 is 1. The van der Waals surface area contributed by atoms with Gasteiger partial charge in [-0.1, -0.05) is 41.4 Å². The van der Waals surface area contributed by atoms with Crippen LogP contribution in [-0.4, -0.2) is 30.4 Å². The van der Waals surface area contributed by atoms with E-state index in [4.69, 9.17) is 16.3 Å². The number of hydrogen-bond donors (Lipinski definition) is 1. The number of hydrogen-bond acceptors (Lipinski definition) is 3. The number of nitrogens with zero attached hydrogens (tertiary/aromatic N) is 1. The third-order valence-corrected chi connectivity index (χ3v) is 3.91. The maximum absolute atomic E-state index is 12.4. The molecule has 2 amide bonds. The largest absolute Gasteiger partial charge is 0.495 e. The Hall–Kier alpha value is -2.53. The molecule has 0 aliphatic heterocycles. The van der Waals surface area contributed by atoms with E-state index in [1.807, 2.05) is 31.2 Å². The predicted molar refractivity (Wildman–Crippen MR) is 98.9 cm³/mol. The fourth-order valence-corrected chi connectivity index (χ4v) is 2.62. The van der Waals surface area contributed by atoms with Crippen LogP contribution in [0.25, 0.3) is 0 Å². The standard InChI is InChI=1S/C19H21ClN2O3/c1-13-5-4-6-15(9-13)11-22(14(2)23)12-19(24)21-17-10-16(20)7-8-18(17)25-3/h4-10H,11-12H2,1-3H3,(H,21,24).